The average molecular weight is 515 g/mol. The van der Waals surface area contributed by atoms with Crippen molar-refractivity contribution < 1.29 is 9.18 Å². The minimum absolute atomic E-state index is 0. The lowest BCUT2D eigenvalue weighted by Crippen LogP contribution is -2.42. The van der Waals surface area contributed by atoms with Gasteiger partial charge in [-0.2, -0.15) is 0 Å². The van der Waals surface area contributed by atoms with Gasteiger partial charge in [0.05, 0.1) is 0 Å². The molecule has 0 spiro atoms. The molecule has 1 aliphatic carbocycles. The first kappa shape index (κ1) is 23.4. The molecule has 2 aromatic rings. The number of nitrogens with one attached hydrogen (secondary N) is 4. The minimum Gasteiger partial charge on any atom is -0.361 e. The molecule has 1 aliphatic rings. The number of H-pyrrole nitrogens is 1. The fourth-order valence-corrected chi connectivity index (χ4v) is 3.83. The Bertz CT molecular complexity index is 817. The number of halogens is 2. The second kappa shape index (κ2) is 12.0. The molecule has 0 aliphatic heterocycles. The topological polar surface area (TPSA) is 81.3 Å². The maximum absolute atomic E-state index is 13.3. The van der Waals surface area contributed by atoms with Gasteiger partial charge >= 0.3 is 0 Å². The molecule has 0 bridgehead atoms. The summed E-state index contributed by atoms with van der Waals surface area (Å²) in [5, 5.41) is 10.5. The number of carbonyl (C=O) groups excluding carboxylic acids is 1. The van der Waals surface area contributed by atoms with Gasteiger partial charge in [-0.15, -0.1) is 24.0 Å². The Labute approximate surface area is 188 Å². The Hall–Kier alpha value is -1.84. The SMILES string of the molecule is CN=C(NCCNC(=O)CC1CCCC1)NCCc1c[nH]c2cc(F)ccc12.I. The number of guanidine groups is 1. The molecule has 1 heterocycles. The summed E-state index contributed by atoms with van der Waals surface area (Å²) in [7, 11) is 1.72. The van der Waals surface area contributed by atoms with Gasteiger partial charge in [0.15, 0.2) is 5.96 Å². The van der Waals surface area contributed by atoms with Crippen molar-refractivity contribution in [3.63, 3.8) is 0 Å². The lowest BCUT2D eigenvalue weighted by Gasteiger charge is -2.13. The minimum atomic E-state index is -0.237. The third-order valence-corrected chi connectivity index (χ3v) is 5.33. The molecule has 1 amide bonds. The number of hydrogen-bond acceptors (Lipinski definition) is 2. The Kier molecular flexibility index (Phi) is 9.69. The number of aromatic amines is 1. The number of nitrogens with zero attached hydrogens (tertiary/aromatic N) is 1. The zero-order valence-corrected chi connectivity index (χ0v) is 19.2. The van der Waals surface area contributed by atoms with Crippen LogP contribution in [-0.2, 0) is 11.2 Å². The fraction of sp³-hybridized carbons (Fsp3) is 0.524. The van der Waals surface area contributed by atoms with Crippen LogP contribution >= 0.6 is 24.0 Å². The van der Waals surface area contributed by atoms with Crippen LogP contribution in [0.25, 0.3) is 10.9 Å². The van der Waals surface area contributed by atoms with Gasteiger partial charge < -0.3 is 20.9 Å². The fourth-order valence-electron chi connectivity index (χ4n) is 3.83. The second-order valence-corrected chi connectivity index (χ2v) is 7.38. The molecule has 0 unspecified atom stereocenters. The van der Waals surface area contributed by atoms with E-state index in [4.69, 9.17) is 0 Å². The van der Waals surface area contributed by atoms with Crippen LogP contribution in [0.4, 0.5) is 4.39 Å². The number of rotatable bonds is 8. The summed E-state index contributed by atoms with van der Waals surface area (Å²) < 4.78 is 13.3. The first-order valence-corrected chi connectivity index (χ1v) is 10.1. The van der Waals surface area contributed by atoms with E-state index in [0.717, 1.165) is 22.9 Å². The molecule has 29 heavy (non-hydrogen) atoms. The highest BCUT2D eigenvalue weighted by atomic mass is 127. The largest absolute Gasteiger partial charge is 0.361 e. The third-order valence-electron chi connectivity index (χ3n) is 5.33. The van der Waals surface area contributed by atoms with Crippen molar-refractivity contribution in [1.29, 1.82) is 0 Å². The van der Waals surface area contributed by atoms with E-state index < -0.39 is 0 Å². The zero-order chi connectivity index (χ0) is 19.8. The number of benzene rings is 1. The predicted molar refractivity (Wildman–Crippen MR) is 126 cm³/mol. The van der Waals surface area contributed by atoms with Crippen molar-refractivity contribution in [1.82, 2.24) is 20.9 Å². The zero-order valence-electron chi connectivity index (χ0n) is 16.9. The van der Waals surface area contributed by atoms with E-state index in [1.54, 1.807) is 13.1 Å². The summed E-state index contributed by atoms with van der Waals surface area (Å²) in [6.45, 7) is 1.92. The maximum Gasteiger partial charge on any atom is 0.220 e. The lowest BCUT2D eigenvalue weighted by atomic mass is 10.0. The van der Waals surface area contributed by atoms with Gasteiger partial charge in [-0.05, 0) is 48.9 Å². The van der Waals surface area contributed by atoms with Gasteiger partial charge in [0.1, 0.15) is 5.82 Å². The van der Waals surface area contributed by atoms with E-state index >= 15 is 0 Å². The maximum atomic E-state index is 13.3. The van der Waals surface area contributed by atoms with Crippen LogP contribution in [-0.4, -0.2) is 43.5 Å². The van der Waals surface area contributed by atoms with E-state index in [2.05, 4.69) is 25.9 Å². The molecule has 3 rings (SSSR count). The third kappa shape index (κ3) is 7.17. The average Bonchev–Trinajstić information content (AvgIpc) is 3.33. The summed E-state index contributed by atoms with van der Waals surface area (Å²) in [5.41, 5.74) is 1.95. The van der Waals surface area contributed by atoms with Gasteiger partial charge in [-0.1, -0.05) is 12.8 Å². The number of aromatic nitrogens is 1. The molecule has 8 heteroatoms. The van der Waals surface area contributed by atoms with Crippen molar-refractivity contribution in [3.8, 4) is 0 Å². The lowest BCUT2D eigenvalue weighted by molar-refractivity contribution is -0.121. The second-order valence-electron chi connectivity index (χ2n) is 7.38. The van der Waals surface area contributed by atoms with Crippen LogP contribution in [0.5, 0.6) is 0 Å². The van der Waals surface area contributed by atoms with Crippen LogP contribution in [0.15, 0.2) is 29.4 Å². The summed E-state index contributed by atoms with van der Waals surface area (Å²) in [6, 6.07) is 4.79. The Morgan fingerprint density at radius 2 is 1.90 bits per heavy atom. The van der Waals surface area contributed by atoms with Crippen molar-refractivity contribution >= 4 is 46.7 Å². The Morgan fingerprint density at radius 3 is 2.66 bits per heavy atom. The molecule has 0 radical (unpaired) electrons. The Balaban J connectivity index is 0.00000300. The highest BCUT2D eigenvalue weighted by Gasteiger charge is 2.17. The number of amides is 1. The van der Waals surface area contributed by atoms with Crippen molar-refractivity contribution in [2.45, 2.75) is 38.5 Å². The number of carbonyl (C=O) groups is 1. The van der Waals surface area contributed by atoms with Gasteiger partial charge in [0, 0.05) is 50.2 Å². The van der Waals surface area contributed by atoms with Crippen molar-refractivity contribution in [2.75, 3.05) is 26.7 Å². The molecule has 160 valence electrons. The summed E-state index contributed by atoms with van der Waals surface area (Å²) in [6.07, 6.45) is 8.27. The monoisotopic (exact) mass is 515 g/mol. The van der Waals surface area contributed by atoms with Crippen molar-refractivity contribution in [3.05, 3.63) is 35.8 Å². The van der Waals surface area contributed by atoms with E-state index in [9.17, 15) is 9.18 Å². The molecular formula is C21H31FIN5O. The molecule has 1 aromatic heterocycles. The molecule has 1 fully saturated rings. The molecule has 6 nitrogen and oxygen atoms in total. The van der Waals surface area contributed by atoms with Gasteiger partial charge in [-0.3, -0.25) is 9.79 Å². The normalized spacial score (nSPS) is 14.6. The number of hydrogen-bond donors (Lipinski definition) is 4. The highest BCUT2D eigenvalue weighted by molar-refractivity contribution is 14.0. The van der Waals surface area contributed by atoms with Crippen LogP contribution in [0.1, 0.15) is 37.7 Å². The standard InChI is InChI=1S/C21H30FN5O.HI/c1-23-21(26-11-10-24-20(28)12-15-4-2-3-5-15)25-9-8-16-14-27-19-13-17(22)6-7-18(16)19;/h6-7,13-15,27H,2-5,8-12H2,1H3,(H,24,28)(H2,23,25,26);1H. The molecular weight excluding hydrogens is 484 g/mol. The first-order chi connectivity index (χ1) is 13.7. The molecule has 4 N–H and O–H groups in total. The van der Waals surface area contributed by atoms with Crippen LogP contribution in [0, 0.1) is 11.7 Å². The van der Waals surface area contributed by atoms with Crippen LogP contribution < -0.4 is 16.0 Å². The number of fused-ring (bicyclic) bond motifs is 1. The smallest absolute Gasteiger partial charge is 0.220 e. The van der Waals surface area contributed by atoms with Gasteiger partial charge in [-0.25, -0.2) is 4.39 Å². The Morgan fingerprint density at radius 1 is 1.17 bits per heavy atom. The molecule has 1 aromatic carbocycles. The molecule has 0 saturated heterocycles. The first-order valence-electron chi connectivity index (χ1n) is 10.1. The van der Waals surface area contributed by atoms with E-state index in [0.29, 0.717) is 37.9 Å². The molecule has 0 atom stereocenters. The van der Waals surface area contributed by atoms with Gasteiger partial charge in [0.25, 0.3) is 0 Å². The number of aliphatic imine (C=N–C) groups is 1. The quantitative estimate of drug-likeness (QED) is 0.189. The summed E-state index contributed by atoms with van der Waals surface area (Å²) >= 11 is 0. The van der Waals surface area contributed by atoms with E-state index in [-0.39, 0.29) is 35.7 Å². The highest BCUT2D eigenvalue weighted by Crippen LogP contribution is 2.27. The van der Waals surface area contributed by atoms with Crippen LogP contribution in [0.2, 0.25) is 0 Å². The molecule has 1 saturated carbocycles. The summed E-state index contributed by atoms with van der Waals surface area (Å²) in [4.78, 5) is 19.2. The van der Waals surface area contributed by atoms with Crippen molar-refractivity contribution in [2.24, 2.45) is 10.9 Å². The summed E-state index contributed by atoms with van der Waals surface area (Å²) in [5.74, 6) is 1.19. The van der Waals surface area contributed by atoms with Gasteiger partial charge in [0.2, 0.25) is 5.91 Å². The van der Waals surface area contributed by atoms with Crippen LogP contribution in [0.3, 0.4) is 0 Å². The van der Waals surface area contributed by atoms with E-state index in [1.807, 2.05) is 6.20 Å². The predicted octanol–water partition coefficient (Wildman–Crippen LogP) is 3.33. The van der Waals surface area contributed by atoms with E-state index in [1.165, 1.54) is 37.8 Å².